The van der Waals surface area contributed by atoms with Crippen LogP contribution in [-0.4, -0.2) is 19.5 Å². The first kappa shape index (κ1) is 18.2. The summed E-state index contributed by atoms with van der Waals surface area (Å²) in [6.45, 7) is 0. The first-order valence-corrected chi connectivity index (χ1v) is 10.3. The molecule has 3 rings (SSSR count). The van der Waals surface area contributed by atoms with E-state index >= 15 is 0 Å². The zero-order valence-corrected chi connectivity index (χ0v) is 15.4. The van der Waals surface area contributed by atoms with Crippen LogP contribution in [0.1, 0.15) is 21.5 Å². The van der Waals surface area contributed by atoms with E-state index < -0.39 is 16.0 Å². The molecule has 0 saturated heterocycles. The monoisotopic (exact) mass is 387 g/mol. The second kappa shape index (κ2) is 7.72. The van der Waals surface area contributed by atoms with Gasteiger partial charge in [0, 0.05) is 5.69 Å². The summed E-state index contributed by atoms with van der Waals surface area (Å²) in [7, 11) is -3.54. The lowest BCUT2D eigenvalue weighted by Gasteiger charge is -2.08. The quantitative estimate of drug-likeness (QED) is 0.641. The largest absolute Gasteiger partial charge is 0.478 e. The number of carboxylic acid groups (broad SMARTS) is 1. The third-order valence-electron chi connectivity index (χ3n) is 3.84. The van der Waals surface area contributed by atoms with E-state index in [1.165, 1.54) is 11.3 Å². The van der Waals surface area contributed by atoms with Crippen LogP contribution in [0.25, 0.3) is 0 Å². The van der Waals surface area contributed by atoms with Gasteiger partial charge in [-0.1, -0.05) is 30.3 Å². The summed E-state index contributed by atoms with van der Waals surface area (Å²) >= 11 is 1.17. The standard InChI is InChI=1S/C19H17NO4S2/c21-19(22)16-4-1-3-15(13-16)7-6-14-8-10-17(11-9-14)20-26(23,24)18-5-2-12-25-18/h1-5,8-13,20H,6-7H2,(H,21,22). The smallest absolute Gasteiger partial charge is 0.335 e. The lowest BCUT2D eigenvalue weighted by atomic mass is 10.0. The normalized spacial score (nSPS) is 11.2. The second-order valence-electron chi connectivity index (χ2n) is 5.74. The molecule has 0 unspecified atom stereocenters. The van der Waals surface area contributed by atoms with E-state index in [1.54, 1.807) is 47.8 Å². The van der Waals surface area contributed by atoms with Crippen LogP contribution in [0.4, 0.5) is 5.69 Å². The van der Waals surface area contributed by atoms with Gasteiger partial charge >= 0.3 is 5.97 Å². The van der Waals surface area contributed by atoms with Gasteiger partial charge < -0.3 is 5.11 Å². The maximum atomic E-state index is 12.2. The number of aryl methyl sites for hydroxylation is 2. The zero-order chi connectivity index (χ0) is 18.6. The topological polar surface area (TPSA) is 83.5 Å². The predicted molar refractivity (Wildman–Crippen MR) is 102 cm³/mol. The minimum atomic E-state index is -3.54. The minimum Gasteiger partial charge on any atom is -0.478 e. The molecule has 1 heterocycles. The Hall–Kier alpha value is -2.64. The number of rotatable bonds is 7. The van der Waals surface area contributed by atoms with Crippen LogP contribution in [0.3, 0.4) is 0 Å². The summed E-state index contributed by atoms with van der Waals surface area (Å²) in [4.78, 5) is 11.0. The Morgan fingerprint density at radius 1 is 0.962 bits per heavy atom. The highest BCUT2D eigenvalue weighted by atomic mass is 32.2. The molecular formula is C19H17NO4S2. The Bertz CT molecular complexity index is 994. The molecule has 3 aromatic rings. The van der Waals surface area contributed by atoms with E-state index in [2.05, 4.69) is 4.72 Å². The molecule has 26 heavy (non-hydrogen) atoms. The van der Waals surface area contributed by atoms with E-state index in [9.17, 15) is 13.2 Å². The number of anilines is 1. The van der Waals surface area contributed by atoms with Crippen LogP contribution >= 0.6 is 11.3 Å². The summed E-state index contributed by atoms with van der Waals surface area (Å²) < 4.78 is 27.2. The van der Waals surface area contributed by atoms with Gasteiger partial charge in [0.15, 0.2) is 0 Å². The summed E-state index contributed by atoms with van der Waals surface area (Å²) in [5.41, 5.74) is 2.79. The number of aromatic carboxylic acids is 1. The summed E-state index contributed by atoms with van der Waals surface area (Å²) in [6, 6.07) is 17.3. The van der Waals surface area contributed by atoms with Gasteiger partial charge in [-0.3, -0.25) is 4.72 Å². The predicted octanol–water partition coefficient (Wildman–Crippen LogP) is 4.03. The van der Waals surface area contributed by atoms with Gasteiger partial charge in [-0.25, -0.2) is 13.2 Å². The van der Waals surface area contributed by atoms with Crippen molar-refractivity contribution in [3.05, 3.63) is 82.7 Å². The van der Waals surface area contributed by atoms with Crippen molar-refractivity contribution >= 4 is 33.0 Å². The highest BCUT2D eigenvalue weighted by Crippen LogP contribution is 2.21. The Labute approximate surface area is 156 Å². The van der Waals surface area contributed by atoms with Gasteiger partial charge in [0.25, 0.3) is 10.0 Å². The molecule has 0 spiro atoms. The Kier molecular flexibility index (Phi) is 5.39. The summed E-state index contributed by atoms with van der Waals surface area (Å²) in [5.74, 6) is -0.936. The molecule has 5 nitrogen and oxygen atoms in total. The maximum absolute atomic E-state index is 12.2. The molecule has 7 heteroatoms. The van der Waals surface area contributed by atoms with Crippen LogP contribution < -0.4 is 4.72 Å². The molecule has 0 bridgehead atoms. The highest BCUT2D eigenvalue weighted by molar-refractivity contribution is 7.94. The molecule has 0 aliphatic carbocycles. The van der Waals surface area contributed by atoms with Crippen LogP contribution in [0.15, 0.2) is 70.3 Å². The first-order chi connectivity index (χ1) is 12.4. The lowest BCUT2D eigenvalue weighted by Crippen LogP contribution is -2.11. The molecule has 0 aliphatic heterocycles. The van der Waals surface area contributed by atoms with Gasteiger partial charge in [-0.15, -0.1) is 11.3 Å². The van der Waals surface area contributed by atoms with Gasteiger partial charge in [0.05, 0.1) is 5.56 Å². The van der Waals surface area contributed by atoms with E-state index in [1.807, 2.05) is 18.2 Å². The Balaban J connectivity index is 1.63. The molecule has 0 radical (unpaired) electrons. The van der Waals surface area contributed by atoms with Crippen molar-refractivity contribution in [2.75, 3.05) is 4.72 Å². The van der Waals surface area contributed by atoms with Crippen LogP contribution in [-0.2, 0) is 22.9 Å². The molecular weight excluding hydrogens is 370 g/mol. The van der Waals surface area contributed by atoms with Crippen LogP contribution in [0.2, 0.25) is 0 Å². The van der Waals surface area contributed by atoms with Gasteiger partial charge in [0.2, 0.25) is 0 Å². The highest BCUT2D eigenvalue weighted by Gasteiger charge is 2.14. The third-order valence-corrected chi connectivity index (χ3v) is 6.62. The van der Waals surface area contributed by atoms with Crippen molar-refractivity contribution in [3.63, 3.8) is 0 Å². The van der Waals surface area contributed by atoms with E-state index in [-0.39, 0.29) is 9.77 Å². The number of nitrogens with one attached hydrogen (secondary N) is 1. The lowest BCUT2D eigenvalue weighted by molar-refractivity contribution is 0.0696. The molecule has 0 fully saturated rings. The summed E-state index contributed by atoms with van der Waals surface area (Å²) in [5, 5.41) is 10.8. The second-order valence-corrected chi connectivity index (χ2v) is 8.60. The van der Waals surface area contributed by atoms with Gasteiger partial charge in [0.1, 0.15) is 4.21 Å². The summed E-state index contributed by atoms with van der Waals surface area (Å²) in [6.07, 6.45) is 1.45. The van der Waals surface area contributed by atoms with Gasteiger partial charge in [-0.05, 0) is 59.7 Å². The fourth-order valence-corrected chi connectivity index (χ4v) is 4.56. The fourth-order valence-electron chi connectivity index (χ4n) is 2.51. The van der Waals surface area contributed by atoms with Crippen molar-refractivity contribution in [2.24, 2.45) is 0 Å². The van der Waals surface area contributed by atoms with Crippen molar-refractivity contribution in [1.29, 1.82) is 0 Å². The Morgan fingerprint density at radius 2 is 1.69 bits per heavy atom. The van der Waals surface area contributed by atoms with Crippen molar-refractivity contribution < 1.29 is 18.3 Å². The zero-order valence-electron chi connectivity index (χ0n) is 13.8. The molecule has 0 saturated carbocycles. The minimum absolute atomic E-state index is 0.278. The van der Waals surface area contributed by atoms with Crippen molar-refractivity contribution in [3.8, 4) is 0 Å². The molecule has 0 aliphatic rings. The number of benzene rings is 2. The van der Waals surface area contributed by atoms with Crippen LogP contribution in [0.5, 0.6) is 0 Å². The number of hydrogen-bond donors (Lipinski definition) is 2. The average molecular weight is 387 g/mol. The van der Waals surface area contributed by atoms with Crippen molar-refractivity contribution in [1.82, 2.24) is 0 Å². The number of sulfonamides is 1. The molecule has 2 aromatic carbocycles. The van der Waals surface area contributed by atoms with Crippen LogP contribution in [0, 0.1) is 0 Å². The average Bonchev–Trinajstić information content (AvgIpc) is 3.17. The van der Waals surface area contributed by atoms with E-state index in [4.69, 9.17) is 5.11 Å². The maximum Gasteiger partial charge on any atom is 0.335 e. The fraction of sp³-hybridized carbons (Fsp3) is 0.105. The molecule has 134 valence electrons. The SMILES string of the molecule is O=C(O)c1cccc(CCc2ccc(NS(=O)(=O)c3cccs3)cc2)c1. The number of carboxylic acids is 1. The number of hydrogen-bond acceptors (Lipinski definition) is 4. The van der Waals surface area contributed by atoms with Gasteiger partial charge in [-0.2, -0.15) is 0 Å². The number of thiophene rings is 1. The molecule has 2 N–H and O–H groups in total. The third kappa shape index (κ3) is 4.50. The van der Waals surface area contributed by atoms with E-state index in [0.717, 1.165) is 17.5 Å². The molecule has 0 atom stereocenters. The first-order valence-electron chi connectivity index (χ1n) is 7.91. The number of carbonyl (C=O) groups is 1. The Morgan fingerprint density at radius 3 is 2.35 bits per heavy atom. The molecule has 1 aromatic heterocycles. The van der Waals surface area contributed by atoms with Crippen molar-refractivity contribution in [2.45, 2.75) is 17.1 Å². The van der Waals surface area contributed by atoms with E-state index in [0.29, 0.717) is 12.1 Å². The molecule has 0 amide bonds.